The Morgan fingerprint density at radius 1 is 0.903 bits per heavy atom. The number of hydrazine groups is 1. The van der Waals surface area contributed by atoms with E-state index in [1.165, 1.54) is 0 Å². The predicted octanol–water partition coefficient (Wildman–Crippen LogP) is 2.53. The molecule has 0 atom stereocenters. The van der Waals surface area contributed by atoms with Gasteiger partial charge in [0.2, 0.25) is 0 Å². The number of esters is 1. The van der Waals surface area contributed by atoms with E-state index in [1.54, 1.807) is 18.2 Å². The average molecular weight is 428 g/mol. The molecule has 2 N–H and O–H groups in total. The molecule has 31 heavy (non-hydrogen) atoms. The van der Waals surface area contributed by atoms with Crippen molar-refractivity contribution >= 4 is 23.5 Å². The molecule has 0 saturated heterocycles. The second kappa shape index (κ2) is 11.6. The van der Waals surface area contributed by atoms with Crippen LogP contribution in [-0.4, -0.2) is 44.1 Å². The predicted molar refractivity (Wildman–Crippen MR) is 118 cm³/mol. The van der Waals surface area contributed by atoms with Gasteiger partial charge in [0.15, 0.2) is 13.2 Å². The van der Waals surface area contributed by atoms with E-state index in [0.717, 1.165) is 29.9 Å². The van der Waals surface area contributed by atoms with Crippen LogP contribution in [0.1, 0.15) is 35.3 Å². The van der Waals surface area contributed by atoms with Gasteiger partial charge in [0.05, 0.1) is 0 Å². The first-order valence-electron chi connectivity index (χ1n) is 10.1. The summed E-state index contributed by atoms with van der Waals surface area (Å²) in [4.78, 5) is 37.9. The highest BCUT2D eigenvalue weighted by atomic mass is 16.6. The monoisotopic (exact) mass is 427 g/mol. The highest BCUT2D eigenvalue weighted by Crippen LogP contribution is 2.20. The van der Waals surface area contributed by atoms with Crippen LogP contribution in [0.4, 0.5) is 5.69 Å². The smallest absolute Gasteiger partial charge is 0.344 e. The van der Waals surface area contributed by atoms with Crippen LogP contribution in [0.2, 0.25) is 0 Å². The van der Waals surface area contributed by atoms with E-state index >= 15 is 0 Å². The maximum atomic E-state index is 12.2. The molecule has 0 aliphatic rings. The summed E-state index contributed by atoms with van der Waals surface area (Å²) in [6.07, 6.45) is 0. The lowest BCUT2D eigenvalue weighted by Gasteiger charge is -2.21. The molecule has 2 aromatic rings. The fraction of sp³-hybridized carbons (Fsp3) is 0.348. The number of aryl methyl sites for hydroxylation is 1. The van der Waals surface area contributed by atoms with Crippen molar-refractivity contribution in [3.63, 3.8) is 0 Å². The summed E-state index contributed by atoms with van der Waals surface area (Å²) in [6.45, 7) is 8.84. The van der Waals surface area contributed by atoms with Crippen molar-refractivity contribution in [1.82, 2.24) is 10.9 Å². The molecule has 0 unspecified atom stereocenters. The number of rotatable bonds is 9. The zero-order valence-electron chi connectivity index (χ0n) is 18.4. The number of hydrogen-bond donors (Lipinski definition) is 2. The SMILES string of the molecule is CCN(CC)c1ccc(C(=O)NNC(=O)COC(=O)COc2cccc(C)c2C)cc1. The minimum absolute atomic E-state index is 0.317. The number of anilines is 1. The number of carbonyl (C=O) groups excluding carboxylic acids is 3. The Morgan fingerprint density at radius 2 is 1.58 bits per heavy atom. The van der Waals surface area contributed by atoms with Crippen molar-refractivity contribution in [3.05, 3.63) is 59.2 Å². The summed E-state index contributed by atoms with van der Waals surface area (Å²) < 4.78 is 10.3. The Kier molecular flexibility index (Phi) is 8.87. The van der Waals surface area contributed by atoms with E-state index in [9.17, 15) is 14.4 Å². The van der Waals surface area contributed by atoms with Crippen LogP contribution in [-0.2, 0) is 14.3 Å². The molecule has 0 aliphatic heterocycles. The first kappa shape index (κ1) is 23.7. The van der Waals surface area contributed by atoms with Crippen LogP contribution >= 0.6 is 0 Å². The molecule has 8 nitrogen and oxygen atoms in total. The summed E-state index contributed by atoms with van der Waals surface area (Å²) in [5.74, 6) is -1.23. The van der Waals surface area contributed by atoms with Gasteiger partial charge in [-0.15, -0.1) is 0 Å². The van der Waals surface area contributed by atoms with Gasteiger partial charge in [0.1, 0.15) is 5.75 Å². The lowest BCUT2D eigenvalue weighted by molar-refractivity contribution is -0.150. The number of benzene rings is 2. The molecular formula is C23H29N3O5. The quantitative estimate of drug-likeness (QED) is 0.472. The number of ether oxygens (including phenoxy) is 2. The Balaban J connectivity index is 1.73. The van der Waals surface area contributed by atoms with Crippen molar-refractivity contribution in [2.45, 2.75) is 27.7 Å². The van der Waals surface area contributed by atoms with Gasteiger partial charge < -0.3 is 14.4 Å². The fourth-order valence-corrected chi connectivity index (χ4v) is 2.85. The van der Waals surface area contributed by atoms with Crippen molar-refractivity contribution < 1.29 is 23.9 Å². The summed E-state index contributed by atoms with van der Waals surface area (Å²) >= 11 is 0. The molecule has 166 valence electrons. The molecule has 0 saturated carbocycles. The van der Waals surface area contributed by atoms with Crippen LogP contribution in [0, 0.1) is 13.8 Å². The number of amides is 2. The lowest BCUT2D eigenvalue weighted by atomic mass is 10.1. The van der Waals surface area contributed by atoms with Crippen LogP contribution in [0.5, 0.6) is 5.75 Å². The third kappa shape index (κ3) is 7.02. The topological polar surface area (TPSA) is 97.0 Å². The molecule has 2 amide bonds. The van der Waals surface area contributed by atoms with Crippen molar-refractivity contribution in [2.75, 3.05) is 31.2 Å². The largest absolute Gasteiger partial charge is 0.482 e. The number of nitrogens with zero attached hydrogens (tertiary/aromatic N) is 1. The number of carbonyl (C=O) groups is 3. The number of hydrogen-bond acceptors (Lipinski definition) is 6. The van der Waals surface area contributed by atoms with Gasteiger partial charge in [-0.1, -0.05) is 12.1 Å². The van der Waals surface area contributed by atoms with Gasteiger partial charge in [-0.2, -0.15) is 0 Å². The minimum Gasteiger partial charge on any atom is -0.482 e. The van der Waals surface area contributed by atoms with Crippen LogP contribution in [0.3, 0.4) is 0 Å². The first-order valence-corrected chi connectivity index (χ1v) is 10.1. The zero-order valence-corrected chi connectivity index (χ0v) is 18.4. The maximum Gasteiger partial charge on any atom is 0.344 e. The molecule has 2 rings (SSSR count). The van der Waals surface area contributed by atoms with E-state index in [4.69, 9.17) is 9.47 Å². The van der Waals surface area contributed by atoms with E-state index in [2.05, 4.69) is 29.6 Å². The van der Waals surface area contributed by atoms with E-state index < -0.39 is 24.4 Å². The standard InChI is InChI=1S/C23H29N3O5/c1-5-26(6-2)19-12-10-18(11-13-19)23(29)25-24-21(27)14-31-22(28)15-30-20-9-7-8-16(3)17(20)4/h7-13H,5-6,14-15H2,1-4H3,(H,24,27)(H,25,29). The van der Waals surface area contributed by atoms with Crippen molar-refractivity contribution in [3.8, 4) is 5.75 Å². The third-order valence-electron chi connectivity index (χ3n) is 4.84. The van der Waals surface area contributed by atoms with Gasteiger partial charge in [-0.25, -0.2) is 4.79 Å². The van der Waals surface area contributed by atoms with Crippen LogP contribution in [0.25, 0.3) is 0 Å². The summed E-state index contributed by atoms with van der Waals surface area (Å²) in [5, 5.41) is 0. The van der Waals surface area contributed by atoms with Crippen LogP contribution in [0.15, 0.2) is 42.5 Å². The molecule has 2 aromatic carbocycles. The van der Waals surface area contributed by atoms with Gasteiger partial charge in [-0.3, -0.25) is 20.4 Å². The fourth-order valence-electron chi connectivity index (χ4n) is 2.85. The Labute approximate surface area is 182 Å². The Morgan fingerprint density at radius 3 is 2.23 bits per heavy atom. The average Bonchev–Trinajstić information content (AvgIpc) is 2.78. The molecule has 0 aromatic heterocycles. The minimum atomic E-state index is -0.686. The van der Waals surface area contributed by atoms with E-state index in [0.29, 0.717) is 11.3 Å². The van der Waals surface area contributed by atoms with Gasteiger partial charge in [-0.05, 0) is 69.2 Å². The Bertz CT molecular complexity index is 908. The van der Waals surface area contributed by atoms with Crippen LogP contribution < -0.4 is 20.5 Å². The zero-order chi connectivity index (χ0) is 22.8. The molecule has 0 heterocycles. The van der Waals surface area contributed by atoms with E-state index in [-0.39, 0.29) is 6.61 Å². The highest BCUT2D eigenvalue weighted by Gasteiger charge is 2.12. The Hall–Kier alpha value is -3.55. The molecule has 0 radical (unpaired) electrons. The van der Waals surface area contributed by atoms with Crippen molar-refractivity contribution in [2.24, 2.45) is 0 Å². The second-order valence-corrected chi connectivity index (χ2v) is 6.87. The molecule has 0 aliphatic carbocycles. The first-order chi connectivity index (χ1) is 14.8. The molecule has 0 spiro atoms. The number of nitrogens with one attached hydrogen (secondary N) is 2. The lowest BCUT2D eigenvalue weighted by Crippen LogP contribution is -2.43. The molecular weight excluding hydrogens is 398 g/mol. The molecule has 0 bridgehead atoms. The molecule has 8 heteroatoms. The normalized spacial score (nSPS) is 10.2. The van der Waals surface area contributed by atoms with Gasteiger partial charge in [0, 0.05) is 24.3 Å². The van der Waals surface area contributed by atoms with Crippen molar-refractivity contribution in [1.29, 1.82) is 0 Å². The maximum absolute atomic E-state index is 12.2. The van der Waals surface area contributed by atoms with E-state index in [1.807, 2.05) is 38.1 Å². The van der Waals surface area contributed by atoms with Gasteiger partial charge >= 0.3 is 5.97 Å². The summed E-state index contributed by atoms with van der Waals surface area (Å²) in [7, 11) is 0. The van der Waals surface area contributed by atoms with Gasteiger partial charge in [0.25, 0.3) is 11.8 Å². The highest BCUT2D eigenvalue weighted by molar-refractivity contribution is 5.95. The summed E-state index contributed by atoms with van der Waals surface area (Å²) in [5.41, 5.74) is 7.90. The second-order valence-electron chi connectivity index (χ2n) is 6.87. The molecule has 0 fully saturated rings. The third-order valence-corrected chi connectivity index (χ3v) is 4.84. The summed E-state index contributed by atoms with van der Waals surface area (Å²) in [6, 6.07) is 12.6.